The maximum absolute atomic E-state index is 12.6. The highest BCUT2D eigenvalue weighted by Gasteiger charge is 2.49. The van der Waals surface area contributed by atoms with Crippen LogP contribution >= 0.6 is 0 Å². The maximum atomic E-state index is 12.6. The number of rotatable bonds is 5. The first-order chi connectivity index (χ1) is 11.7. The van der Waals surface area contributed by atoms with E-state index in [9.17, 15) is 4.79 Å². The van der Waals surface area contributed by atoms with Crippen LogP contribution in [0, 0.1) is 11.3 Å². The van der Waals surface area contributed by atoms with Crippen molar-refractivity contribution in [2.75, 3.05) is 26.2 Å². The van der Waals surface area contributed by atoms with Crippen LogP contribution < -0.4 is 5.32 Å². The van der Waals surface area contributed by atoms with Crippen molar-refractivity contribution in [1.82, 2.24) is 25.0 Å². The van der Waals surface area contributed by atoms with Crippen LogP contribution in [0.4, 0.5) is 4.79 Å². The van der Waals surface area contributed by atoms with Crippen molar-refractivity contribution in [2.24, 2.45) is 11.3 Å². The van der Waals surface area contributed by atoms with Gasteiger partial charge in [0.15, 0.2) is 5.82 Å². The number of carbonyl (C=O) groups is 1. The molecule has 2 heterocycles. The summed E-state index contributed by atoms with van der Waals surface area (Å²) in [5, 5.41) is 11.3. The highest BCUT2D eigenvalue weighted by molar-refractivity contribution is 5.74. The third-order valence-corrected chi connectivity index (χ3v) is 6.01. The lowest BCUT2D eigenvalue weighted by atomic mass is 9.65. The Morgan fingerprint density at radius 3 is 2.96 bits per heavy atom. The molecule has 1 aromatic rings. The summed E-state index contributed by atoms with van der Waals surface area (Å²) in [6, 6.07) is 0.0396. The Morgan fingerprint density at radius 1 is 1.46 bits per heavy atom. The Labute approximate surface area is 142 Å². The van der Waals surface area contributed by atoms with Crippen molar-refractivity contribution >= 4 is 6.03 Å². The van der Waals surface area contributed by atoms with Gasteiger partial charge in [0.25, 0.3) is 0 Å². The number of amides is 2. The molecule has 7 nitrogen and oxygen atoms in total. The van der Waals surface area contributed by atoms with Crippen LogP contribution in [-0.2, 0) is 11.3 Å². The lowest BCUT2D eigenvalue weighted by Gasteiger charge is -2.43. The molecule has 1 atom stereocenters. The average Bonchev–Trinajstić information content (AvgIpc) is 3.30. The summed E-state index contributed by atoms with van der Waals surface area (Å²) in [5.41, 5.74) is 0.406. The second-order valence-corrected chi connectivity index (χ2v) is 7.43. The number of aromatic nitrogens is 3. The molecule has 3 fully saturated rings. The van der Waals surface area contributed by atoms with Crippen molar-refractivity contribution in [3.05, 3.63) is 12.2 Å². The molecule has 7 heteroatoms. The van der Waals surface area contributed by atoms with Gasteiger partial charge in [-0.1, -0.05) is 6.42 Å². The largest absolute Gasteiger partial charge is 0.366 e. The molecule has 1 unspecified atom stereocenters. The lowest BCUT2D eigenvalue weighted by Crippen LogP contribution is -2.51. The molecule has 1 aliphatic heterocycles. The highest BCUT2D eigenvalue weighted by atomic mass is 16.5. The van der Waals surface area contributed by atoms with Crippen molar-refractivity contribution in [3.8, 4) is 0 Å². The number of carbonyl (C=O) groups excluding carboxylic acids is 1. The van der Waals surface area contributed by atoms with Gasteiger partial charge in [0, 0.05) is 19.6 Å². The first-order valence-electron chi connectivity index (χ1n) is 9.24. The monoisotopic (exact) mass is 333 g/mol. The Bertz CT molecular complexity index is 594. The van der Waals surface area contributed by atoms with Crippen LogP contribution in [0.2, 0.25) is 0 Å². The molecule has 1 aromatic heterocycles. The number of hydrogen-bond donors (Lipinski definition) is 1. The van der Waals surface area contributed by atoms with Gasteiger partial charge in [-0.15, -0.1) is 10.2 Å². The molecule has 0 radical (unpaired) electrons. The molecule has 0 spiro atoms. The minimum absolute atomic E-state index is 0.0396. The van der Waals surface area contributed by atoms with Gasteiger partial charge in [0.1, 0.15) is 12.4 Å². The van der Waals surface area contributed by atoms with Gasteiger partial charge in [-0.05, 0) is 43.9 Å². The molecule has 132 valence electrons. The number of aryl methyl sites for hydroxylation is 1. The van der Waals surface area contributed by atoms with Crippen LogP contribution in [0.3, 0.4) is 0 Å². The van der Waals surface area contributed by atoms with Crippen LogP contribution in [-0.4, -0.2) is 51.9 Å². The molecule has 2 aliphatic carbocycles. The SMILES string of the molecule is CCn1cnnc1C1CN(C(=O)NCC2(C3CC3)CCC2)CCO1. The second-order valence-electron chi connectivity index (χ2n) is 7.43. The minimum Gasteiger partial charge on any atom is -0.366 e. The normalized spacial score (nSPS) is 26.0. The van der Waals surface area contributed by atoms with E-state index < -0.39 is 0 Å². The zero-order valence-corrected chi connectivity index (χ0v) is 14.4. The van der Waals surface area contributed by atoms with Gasteiger partial charge >= 0.3 is 6.03 Å². The van der Waals surface area contributed by atoms with E-state index >= 15 is 0 Å². The smallest absolute Gasteiger partial charge is 0.317 e. The van der Waals surface area contributed by atoms with Crippen LogP contribution in [0.15, 0.2) is 6.33 Å². The summed E-state index contributed by atoms with van der Waals surface area (Å²) < 4.78 is 7.80. The van der Waals surface area contributed by atoms with Gasteiger partial charge in [0.05, 0.1) is 13.2 Å². The van der Waals surface area contributed by atoms with E-state index in [1.54, 1.807) is 6.33 Å². The van der Waals surface area contributed by atoms with E-state index in [4.69, 9.17) is 4.74 Å². The predicted molar refractivity (Wildman–Crippen MR) is 88.4 cm³/mol. The Balaban J connectivity index is 1.34. The van der Waals surface area contributed by atoms with Gasteiger partial charge in [-0.2, -0.15) is 0 Å². The number of nitrogens with zero attached hydrogens (tertiary/aromatic N) is 4. The Morgan fingerprint density at radius 2 is 2.29 bits per heavy atom. The van der Waals surface area contributed by atoms with Crippen molar-refractivity contribution in [3.63, 3.8) is 0 Å². The molecule has 1 saturated heterocycles. The lowest BCUT2D eigenvalue weighted by molar-refractivity contribution is -0.0226. The Kier molecular flexibility index (Phi) is 4.20. The minimum atomic E-state index is -0.187. The van der Waals surface area contributed by atoms with E-state index in [2.05, 4.69) is 22.4 Å². The maximum Gasteiger partial charge on any atom is 0.317 e. The fraction of sp³-hybridized carbons (Fsp3) is 0.824. The fourth-order valence-corrected chi connectivity index (χ4v) is 4.17. The average molecular weight is 333 g/mol. The van der Waals surface area contributed by atoms with Gasteiger partial charge in [0.2, 0.25) is 0 Å². The standard InChI is InChI=1S/C17H27N5O2/c1-2-21-12-19-20-15(21)14-10-22(8-9-24-14)16(23)18-11-17(6-3-7-17)13-4-5-13/h12-14H,2-11H2,1H3,(H,18,23). The number of morpholine rings is 1. The summed E-state index contributed by atoms with van der Waals surface area (Å²) >= 11 is 0. The van der Waals surface area contributed by atoms with E-state index in [1.807, 2.05) is 9.47 Å². The third-order valence-electron chi connectivity index (χ3n) is 6.01. The first kappa shape index (κ1) is 15.9. The van der Waals surface area contributed by atoms with E-state index in [1.165, 1.54) is 32.1 Å². The number of ether oxygens (including phenoxy) is 1. The number of hydrogen-bond acceptors (Lipinski definition) is 4. The van der Waals surface area contributed by atoms with Gasteiger partial charge in [-0.3, -0.25) is 0 Å². The number of urea groups is 1. The van der Waals surface area contributed by atoms with Crippen LogP contribution in [0.1, 0.15) is 51.0 Å². The van der Waals surface area contributed by atoms with Gasteiger partial charge in [-0.25, -0.2) is 4.79 Å². The third kappa shape index (κ3) is 2.90. The molecule has 3 aliphatic rings. The van der Waals surface area contributed by atoms with Gasteiger partial charge < -0.3 is 19.5 Å². The Hall–Kier alpha value is -1.63. The van der Waals surface area contributed by atoms with Crippen LogP contribution in [0.25, 0.3) is 0 Å². The fourth-order valence-electron chi connectivity index (χ4n) is 4.17. The topological polar surface area (TPSA) is 72.3 Å². The van der Waals surface area contributed by atoms with E-state index in [-0.39, 0.29) is 12.1 Å². The quantitative estimate of drug-likeness (QED) is 0.894. The summed E-state index contributed by atoms with van der Waals surface area (Å²) in [5.74, 6) is 1.66. The molecule has 1 N–H and O–H groups in total. The molecule has 0 bridgehead atoms. The highest BCUT2D eigenvalue weighted by Crippen LogP contribution is 2.56. The summed E-state index contributed by atoms with van der Waals surface area (Å²) in [7, 11) is 0. The van der Waals surface area contributed by atoms with Crippen molar-refractivity contribution < 1.29 is 9.53 Å². The summed E-state index contributed by atoms with van der Waals surface area (Å²) in [4.78, 5) is 14.5. The second kappa shape index (κ2) is 6.35. The zero-order valence-electron chi connectivity index (χ0n) is 14.4. The molecule has 24 heavy (non-hydrogen) atoms. The summed E-state index contributed by atoms with van der Waals surface area (Å²) in [6.07, 6.45) is 8.11. The van der Waals surface area contributed by atoms with Crippen molar-refractivity contribution in [1.29, 1.82) is 0 Å². The molecular formula is C17H27N5O2. The number of nitrogens with one attached hydrogen (secondary N) is 1. The molecular weight excluding hydrogens is 306 g/mol. The molecule has 2 saturated carbocycles. The molecule has 2 amide bonds. The molecule has 0 aromatic carbocycles. The van der Waals surface area contributed by atoms with Crippen molar-refractivity contribution in [2.45, 2.75) is 51.7 Å². The first-order valence-corrected chi connectivity index (χ1v) is 9.24. The summed E-state index contributed by atoms with van der Waals surface area (Å²) in [6.45, 7) is 5.42. The zero-order chi connectivity index (χ0) is 16.6. The van der Waals surface area contributed by atoms with E-state index in [0.717, 1.165) is 24.8 Å². The molecule has 4 rings (SSSR count). The van der Waals surface area contributed by atoms with E-state index in [0.29, 0.717) is 25.1 Å². The predicted octanol–water partition coefficient (Wildman–Crippen LogP) is 1.96. The van der Waals surface area contributed by atoms with Crippen LogP contribution in [0.5, 0.6) is 0 Å².